The minimum absolute atomic E-state index is 0.283. The summed E-state index contributed by atoms with van der Waals surface area (Å²) in [6, 6.07) is 0. The molecule has 0 saturated carbocycles. The Labute approximate surface area is 358 Å². The van der Waals surface area contributed by atoms with Crippen molar-refractivity contribution in [1.82, 2.24) is 0 Å². The molecule has 0 bridgehead atoms. The standard InChI is InChI=1S/C50H94O8/c1-3-5-7-9-11-13-15-17-19-21-23-25-29-33-37-41-47(51)55-45-57-49(53)43-39-35-31-27-28-32-36-40-44-50(54)58-46-56-48(52)42-38-34-30-26-24-22-20-18-16-14-12-10-8-6-4-2/h3-46H2,1-2H3. The van der Waals surface area contributed by atoms with E-state index in [0.29, 0.717) is 25.7 Å². The first-order valence-corrected chi connectivity index (χ1v) is 25.1. The van der Waals surface area contributed by atoms with Crippen LogP contribution in [-0.2, 0) is 38.1 Å². The highest BCUT2D eigenvalue weighted by molar-refractivity contribution is 5.71. The van der Waals surface area contributed by atoms with Crippen LogP contribution >= 0.6 is 0 Å². The van der Waals surface area contributed by atoms with Crippen molar-refractivity contribution in [1.29, 1.82) is 0 Å². The van der Waals surface area contributed by atoms with E-state index in [1.165, 1.54) is 154 Å². The Morgan fingerprint density at radius 2 is 0.362 bits per heavy atom. The van der Waals surface area contributed by atoms with Crippen LogP contribution < -0.4 is 0 Å². The van der Waals surface area contributed by atoms with Crippen LogP contribution in [0.15, 0.2) is 0 Å². The molecule has 0 fully saturated rings. The van der Waals surface area contributed by atoms with E-state index >= 15 is 0 Å². The van der Waals surface area contributed by atoms with Gasteiger partial charge in [0.25, 0.3) is 0 Å². The lowest BCUT2D eigenvalue weighted by molar-refractivity contribution is -0.169. The monoisotopic (exact) mass is 823 g/mol. The van der Waals surface area contributed by atoms with Gasteiger partial charge in [0.2, 0.25) is 13.6 Å². The maximum absolute atomic E-state index is 12.0. The second-order valence-corrected chi connectivity index (χ2v) is 17.0. The van der Waals surface area contributed by atoms with Gasteiger partial charge in [0.1, 0.15) is 0 Å². The normalized spacial score (nSPS) is 11.1. The molecule has 0 atom stereocenters. The molecule has 0 unspecified atom stereocenters. The summed E-state index contributed by atoms with van der Waals surface area (Å²) < 4.78 is 20.3. The summed E-state index contributed by atoms with van der Waals surface area (Å²) in [6.45, 7) is 3.97. The van der Waals surface area contributed by atoms with Gasteiger partial charge in [-0.25, -0.2) is 0 Å². The van der Waals surface area contributed by atoms with Crippen LogP contribution in [0.5, 0.6) is 0 Å². The Morgan fingerprint density at radius 1 is 0.224 bits per heavy atom. The number of carbonyl (C=O) groups excluding carboxylic acids is 4. The first kappa shape index (κ1) is 55.9. The van der Waals surface area contributed by atoms with Gasteiger partial charge in [-0.2, -0.15) is 0 Å². The molecule has 342 valence electrons. The highest BCUT2D eigenvalue weighted by Crippen LogP contribution is 2.16. The summed E-state index contributed by atoms with van der Waals surface area (Å²) in [7, 11) is 0. The van der Waals surface area contributed by atoms with Gasteiger partial charge in [-0.3, -0.25) is 19.2 Å². The lowest BCUT2D eigenvalue weighted by Gasteiger charge is -2.07. The minimum Gasteiger partial charge on any atom is -0.428 e. The molecule has 0 amide bonds. The van der Waals surface area contributed by atoms with Crippen LogP contribution in [0.4, 0.5) is 0 Å². The number of hydrogen-bond acceptors (Lipinski definition) is 8. The first-order chi connectivity index (χ1) is 28.5. The molecule has 0 aliphatic rings. The fraction of sp³-hybridized carbons (Fsp3) is 0.920. The lowest BCUT2D eigenvalue weighted by Crippen LogP contribution is -2.12. The number of esters is 4. The number of unbranched alkanes of at least 4 members (excludes halogenated alkanes) is 35. The Hall–Kier alpha value is -2.12. The molecule has 0 rings (SSSR count). The minimum atomic E-state index is -0.318. The molecule has 0 heterocycles. The van der Waals surface area contributed by atoms with Crippen molar-refractivity contribution < 1.29 is 38.1 Å². The van der Waals surface area contributed by atoms with Crippen LogP contribution in [-0.4, -0.2) is 37.5 Å². The summed E-state index contributed by atoms with van der Waals surface area (Å²) in [4.78, 5) is 47.8. The van der Waals surface area contributed by atoms with Crippen molar-refractivity contribution in [2.75, 3.05) is 13.6 Å². The fourth-order valence-electron chi connectivity index (χ4n) is 7.49. The zero-order valence-corrected chi connectivity index (χ0v) is 38.4. The molecule has 8 nitrogen and oxygen atoms in total. The van der Waals surface area contributed by atoms with Gasteiger partial charge in [-0.15, -0.1) is 0 Å². The van der Waals surface area contributed by atoms with Gasteiger partial charge in [0.15, 0.2) is 0 Å². The molecular weight excluding hydrogens is 729 g/mol. The molecule has 0 aromatic rings. The Kier molecular flexibility index (Phi) is 45.8. The lowest BCUT2D eigenvalue weighted by atomic mass is 10.0. The van der Waals surface area contributed by atoms with Crippen molar-refractivity contribution in [3.63, 3.8) is 0 Å². The highest BCUT2D eigenvalue weighted by atomic mass is 16.7. The average molecular weight is 823 g/mol. The van der Waals surface area contributed by atoms with Gasteiger partial charge in [0, 0.05) is 25.7 Å². The molecule has 0 aliphatic heterocycles. The summed E-state index contributed by atoms with van der Waals surface area (Å²) >= 11 is 0. The van der Waals surface area contributed by atoms with Crippen molar-refractivity contribution >= 4 is 23.9 Å². The van der Waals surface area contributed by atoms with Gasteiger partial charge >= 0.3 is 23.9 Å². The quantitative estimate of drug-likeness (QED) is 0.0339. The second kappa shape index (κ2) is 47.6. The van der Waals surface area contributed by atoms with Gasteiger partial charge in [-0.05, 0) is 25.7 Å². The molecule has 0 radical (unpaired) electrons. The third-order valence-corrected chi connectivity index (χ3v) is 11.4. The van der Waals surface area contributed by atoms with E-state index in [0.717, 1.165) is 89.9 Å². The van der Waals surface area contributed by atoms with Gasteiger partial charge in [-0.1, -0.05) is 232 Å². The van der Waals surface area contributed by atoms with E-state index in [-0.39, 0.29) is 37.5 Å². The summed E-state index contributed by atoms with van der Waals surface area (Å²) in [6.07, 6.45) is 47.8. The van der Waals surface area contributed by atoms with E-state index < -0.39 is 0 Å². The zero-order valence-electron chi connectivity index (χ0n) is 38.4. The van der Waals surface area contributed by atoms with E-state index in [1.807, 2.05) is 0 Å². The van der Waals surface area contributed by atoms with E-state index in [4.69, 9.17) is 18.9 Å². The number of hydrogen-bond donors (Lipinski definition) is 0. The SMILES string of the molecule is CCCCCCCCCCCCCCCCCC(=O)OCOC(=O)CCCCCCCCCCC(=O)OCOC(=O)CCCCCCCCCCCCCCCCC. The third-order valence-electron chi connectivity index (χ3n) is 11.4. The molecule has 58 heavy (non-hydrogen) atoms. The average Bonchev–Trinajstić information content (AvgIpc) is 3.21. The zero-order chi connectivity index (χ0) is 42.3. The summed E-state index contributed by atoms with van der Waals surface area (Å²) in [5, 5.41) is 0. The van der Waals surface area contributed by atoms with E-state index in [9.17, 15) is 19.2 Å². The second-order valence-electron chi connectivity index (χ2n) is 17.0. The topological polar surface area (TPSA) is 105 Å². The molecule has 0 N–H and O–H groups in total. The van der Waals surface area contributed by atoms with Crippen LogP contribution in [0.3, 0.4) is 0 Å². The van der Waals surface area contributed by atoms with Crippen LogP contribution in [0, 0.1) is 0 Å². The number of carbonyl (C=O) groups is 4. The Bertz CT molecular complexity index is 834. The van der Waals surface area contributed by atoms with Crippen LogP contribution in [0.25, 0.3) is 0 Å². The third kappa shape index (κ3) is 46.6. The van der Waals surface area contributed by atoms with Crippen molar-refractivity contribution in [2.24, 2.45) is 0 Å². The Morgan fingerprint density at radius 3 is 0.517 bits per heavy atom. The van der Waals surface area contributed by atoms with Crippen molar-refractivity contribution in [3.8, 4) is 0 Å². The fourth-order valence-corrected chi connectivity index (χ4v) is 7.49. The predicted molar refractivity (Wildman–Crippen MR) is 239 cm³/mol. The van der Waals surface area contributed by atoms with E-state index in [1.54, 1.807) is 0 Å². The van der Waals surface area contributed by atoms with E-state index in [2.05, 4.69) is 13.8 Å². The predicted octanol–water partition coefficient (Wildman–Crippen LogP) is 15.5. The molecule has 8 heteroatoms. The summed E-state index contributed by atoms with van der Waals surface area (Å²) in [5.74, 6) is -1.22. The van der Waals surface area contributed by atoms with Gasteiger partial charge in [0.05, 0.1) is 0 Å². The van der Waals surface area contributed by atoms with Crippen molar-refractivity contribution in [3.05, 3.63) is 0 Å². The Balaban J connectivity index is 3.37. The van der Waals surface area contributed by atoms with Gasteiger partial charge < -0.3 is 18.9 Å². The maximum atomic E-state index is 12.0. The summed E-state index contributed by atoms with van der Waals surface area (Å²) in [5.41, 5.74) is 0. The molecule has 0 saturated heterocycles. The first-order valence-electron chi connectivity index (χ1n) is 25.1. The largest absolute Gasteiger partial charge is 0.428 e. The number of ether oxygens (including phenoxy) is 4. The molecule has 0 spiro atoms. The smallest absolute Gasteiger partial charge is 0.308 e. The number of rotatable bonds is 47. The molecule has 0 aromatic heterocycles. The van der Waals surface area contributed by atoms with Crippen molar-refractivity contribution in [2.45, 2.75) is 284 Å². The highest BCUT2D eigenvalue weighted by Gasteiger charge is 2.08. The molecule has 0 aliphatic carbocycles. The molecular formula is C50H94O8. The maximum Gasteiger partial charge on any atom is 0.308 e. The van der Waals surface area contributed by atoms with Crippen LogP contribution in [0.2, 0.25) is 0 Å². The molecule has 0 aromatic carbocycles. The van der Waals surface area contributed by atoms with Crippen LogP contribution in [0.1, 0.15) is 284 Å².